The number of nitrogens with one attached hydrogen (secondary N) is 1. The lowest BCUT2D eigenvalue weighted by molar-refractivity contribution is -0.121. The third-order valence-electron chi connectivity index (χ3n) is 4.79. The highest BCUT2D eigenvalue weighted by Gasteiger charge is 2.16. The Hall–Kier alpha value is -1.83. The topological polar surface area (TPSA) is 70.7 Å². The first-order valence-electron chi connectivity index (χ1n) is 8.81. The molecule has 1 aromatic heterocycles. The molecule has 23 heavy (non-hydrogen) atoms. The zero-order valence-electron chi connectivity index (χ0n) is 14.4. The lowest BCUT2D eigenvalue weighted by Crippen LogP contribution is -2.34. The largest absolute Gasteiger partial charge is 0.353 e. The van der Waals surface area contributed by atoms with Crippen LogP contribution in [0.15, 0.2) is 0 Å². The van der Waals surface area contributed by atoms with Gasteiger partial charge in [-0.1, -0.05) is 25.7 Å². The number of carbonyl (C=O) groups is 1. The predicted octanol–water partition coefficient (Wildman–Crippen LogP) is 3.19. The van der Waals surface area contributed by atoms with Gasteiger partial charge in [0.25, 0.3) is 0 Å². The van der Waals surface area contributed by atoms with Gasteiger partial charge in [-0.15, -0.1) is 0 Å². The maximum absolute atomic E-state index is 12.2. The monoisotopic (exact) mass is 316 g/mol. The van der Waals surface area contributed by atoms with Crippen LogP contribution in [0.25, 0.3) is 0 Å². The highest BCUT2D eigenvalue weighted by atomic mass is 16.1. The van der Waals surface area contributed by atoms with Crippen LogP contribution in [0.1, 0.15) is 68.3 Å². The molecule has 2 rings (SSSR count). The van der Waals surface area contributed by atoms with Gasteiger partial charge >= 0.3 is 0 Å². The van der Waals surface area contributed by atoms with E-state index in [1.54, 1.807) is 0 Å². The molecule has 1 N–H and O–H groups in total. The lowest BCUT2D eigenvalue weighted by Gasteiger charge is -2.16. The maximum Gasteiger partial charge on any atom is 0.220 e. The van der Waals surface area contributed by atoms with Crippen LogP contribution in [-0.2, 0) is 17.8 Å². The second-order valence-corrected chi connectivity index (χ2v) is 6.54. The fourth-order valence-corrected chi connectivity index (χ4v) is 3.43. The molecule has 0 spiro atoms. The first-order valence-corrected chi connectivity index (χ1v) is 8.81. The van der Waals surface area contributed by atoms with E-state index in [0.29, 0.717) is 25.4 Å². The van der Waals surface area contributed by atoms with Crippen molar-refractivity contribution < 1.29 is 4.79 Å². The Labute approximate surface area is 139 Å². The van der Waals surface area contributed by atoms with Gasteiger partial charge in [-0.3, -0.25) is 9.48 Å². The molecule has 0 bridgehead atoms. The molecule has 0 radical (unpaired) electrons. The minimum Gasteiger partial charge on any atom is -0.353 e. The molecule has 126 valence electrons. The highest BCUT2D eigenvalue weighted by Crippen LogP contribution is 2.18. The zero-order valence-corrected chi connectivity index (χ0v) is 14.4. The molecular formula is C18H28N4O. The molecule has 5 heteroatoms. The number of nitriles is 1. The summed E-state index contributed by atoms with van der Waals surface area (Å²) >= 11 is 0. The number of amides is 1. The van der Waals surface area contributed by atoms with E-state index < -0.39 is 0 Å². The summed E-state index contributed by atoms with van der Waals surface area (Å²) in [4.78, 5) is 12.2. The Balaban J connectivity index is 1.86. The van der Waals surface area contributed by atoms with Crippen molar-refractivity contribution in [3.63, 3.8) is 0 Å². The zero-order chi connectivity index (χ0) is 16.7. The summed E-state index contributed by atoms with van der Waals surface area (Å²) in [5.74, 6) is 0.153. The molecular weight excluding hydrogens is 288 g/mol. The van der Waals surface area contributed by atoms with E-state index in [0.717, 1.165) is 36.2 Å². The van der Waals surface area contributed by atoms with Gasteiger partial charge in [-0.2, -0.15) is 10.4 Å². The van der Waals surface area contributed by atoms with E-state index in [9.17, 15) is 4.79 Å². The third kappa shape index (κ3) is 5.09. The van der Waals surface area contributed by atoms with Crippen LogP contribution in [0.5, 0.6) is 0 Å². The van der Waals surface area contributed by atoms with E-state index in [2.05, 4.69) is 16.5 Å². The average molecular weight is 316 g/mol. The Bertz CT molecular complexity index is 562. The van der Waals surface area contributed by atoms with Gasteiger partial charge in [0.05, 0.1) is 24.7 Å². The summed E-state index contributed by atoms with van der Waals surface area (Å²) in [7, 11) is 0. The standard InChI is InChI=1S/C18H28N4O/c1-14-17(15(2)22(21-14)13-7-12-19)10-11-18(23)20-16-8-5-3-4-6-9-16/h16H,3-11,13H2,1-2H3,(H,20,23). The summed E-state index contributed by atoms with van der Waals surface area (Å²) in [6.07, 6.45) is 9.00. The van der Waals surface area contributed by atoms with E-state index >= 15 is 0 Å². The fraction of sp³-hybridized carbons (Fsp3) is 0.722. The molecule has 0 aromatic carbocycles. The molecule has 1 aromatic rings. The van der Waals surface area contributed by atoms with Crippen molar-refractivity contribution >= 4 is 5.91 Å². The van der Waals surface area contributed by atoms with E-state index in [1.165, 1.54) is 25.7 Å². The minimum absolute atomic E-state index is 0.153. The number of aryl methyl sites for hydroxylation is 2. The molecule has 0 atom stereocenters. The molecule has 1 aliphatic carbocycles. The molecule has 0 unspecified atom stereocenters. The van der Waals surface area contributed by atoms with Gasteiger partial charge in [0.15, 0.2) is 0 Å². The number of carbonyl (C=O) groups excluding carboxylic acids is 1. The van der Waals surface area contributed by atoms with Crippen LogP contribution in [0.3, 0.4) is 0 Å². The predicted molar refractivity (Wildman–Crippen MR) is 89.9 cm³/mol. The molecule has 1 saturated carbocycles. The van der Waals surface area contributed by atoms with Crippen LogP contribution in [0, 0.1) is 25.2 Å². The summed E-state index contributed by atoms with van der Waals surface area (Å²) in [5, 5.41) is 16.4. The number of hydrogen-bond donors (Lipinski definition) is 1. The SMILES string of the molecule is Cc1nn(CCC#N)c(C)c1CCC(=O)NC1CCCCCC1. The van der Waals surface area contributed by atoms with Gasteiger partial charge in [0, 0.05) is 18.2 Å². The molecule has 1 fully saturated rings. The number of hydrogen-bond acceptors (Lipinski definition) is 3. The summed E-state index contributed by atoms with van der Waals surface area (Å²) in [5.41, 5.74) is 3.21. The summed E-state index contributed by atoms with van der Waals surface area (Å²) in [6, 6.07) is 2.51. The van der Waals surface area contributed by atoms with Crippen LogP contribution in [0.2, 0.25) is 0 Å². The van der Waals surface area contributed by atoms with Gasteiger partial charge in [-0.05, 0) is 38.7 Å². The summed E-state index contributed by atoms with van der Waals surface area (Å²) in [6.45, 7) is 4.63. The highest BCUT2D eigenvalue weighted by molar-refractivity contribution is 5.76. The molecule has 1 aliphatic rings. The van der Waals surface area contributed by atoms with E-state index in [4.69, 9.17) is 5.26 Å². The number of nitrogens with zero attached hydrogens (tertiary/aromatic N) is 3. The first-order chi connectivity index (χ1) is 11.1. The van der Waals surface area contributed by atoms with Crippen molar-refractivity contribution in [2.24, 2.45) is 0 Å². The fourth-order valence-electron chi connectivity index (χ4n) is 3.43. The van der Waals surface area contributed by atoms with Gasteiger partial charge in [0.1, 0.15) is 0 Å². The average Bonchev–Trinajstić information content (AvgIpc) is 2.71. The Morgan fingerprint density at radius 2 is 2.00 bits per heavy atom. The van der Waals surface area contributed by atoms with Crippen LogP contribution in [-0.4, -0.2) is 21.7 Å². The molecule has 0 aliphatic heterocycles. The Morgan fingerprint density at radius 1 is 1.30 bits per heavy atom. The van der Waals surface area contributed by atoms with Crippen LogP contribution in [0.4, 0.5) is 0 Å². The number of rotatable bonds is 6. The van der Waals surface area contributed by atoms with Crippen molar-refractivity contribution in [3.05, 3.63) is 17.0 Å². The van der Waals surface area contributed by atoms with Crippen molar-refractivity contribution in [3.8, 4) is 6.07 Å². The smallest absolute Gasteiger partial charge is 0.220 e. The van der Waals surface area contributed by atoms with E-state index in [1.807, 2.05) is 18.5 Å². The summed E-state index contributed by atoms with van der Waals surface area (Å²) < 4.78 is 1.89. The van der Waals surface area contributed by atoms with Gasteiger partial charge in [-0.25, -0.2) is 0 Å². The van der Waals surface area contributed by atoms with Crippen molar-refractivity contribution in [1.29, 1.82) is 5.26 Å². The van der Waals surface area contributed by atoms with Crippen molar-refractivity contribution in [2.75, 3.05) is 0 Å². The number of aromatic nitrogens is 2. The van der Waals surface area contributed by atoms with Gasteiger partial charge < -0.3 is 5.32 Å². The van der Waals surface area contributed by atoms with Crippen LogP contribution >= 0.6 is 0 Å². The van der Waals surface area contributed by atoms with Crippen molar-refractivity contribution in [2.45, 2.75) is 84.2 Å². The maximum atomic E-state index is 12.2. The van der Waals surface area contributed by atoms with Crippen LogP contribution < -0.4 is 5.32 Å². The Kier molecular flexibility index (Phi) is 6.64. The normalized spacial score (nSPS) is 15.9. The molecule has 0 saturated heterocycles. The second kappa shape index (κ2) is 8.71. The third-order valence-corrected chi connectivity index (χ3v) is 4.79. The molecule has 5 nitrogen and oxygen atoms in total. The molecule has 1 amide bonds. The second-order valence-electron chi connectivity index (χ2n) is 6.54. The van der Waals surface area contributed by atoms with Crippen molar-refractivity contribution in [1.82, 2.24) is 15.1 Å². The quantitative estimate of drug-likeness (QED) is 0.819. The first kappa shape index (κ1) is 17.5. The van der Waals surface area contributed by atoms with Gasteiger partial charge in [0.2, 0.25) is 5.91 Å². The van der Waals surface area contributed by atoms with E-state index in [-0.39, 0.29) is 5.91 Å². The lowest BCUT2D eigenvalue weighted by atomic mass is 10.1. The Morgan fingerprint density at radius 3 is 2.65 bits per heavy atom. The minimum atomic E-state index is 0.153. The molecule has 1 heterocycles.